The van der Waals surface area contributed by atoms with E-state index in [0.717, 1.165) is 50.3 Å². The van der Waals surface area contributed by atoms with Gasteiger partial charge in [0.2, 0.25) is 0 Å². The third-order valence-corrected chi connectivity index (χ3v) is 10.5. The Balaban J connectivity index is 1.07. The Hall–Kier alpha value is -4.40. The quantitative estimate of drug-likeness (QED) is 0.205. The Morgan fingerprint density at radius 3 is 2.70 bits per heavy atom. The highest BCUT2D eigenvalue weighted by Gasteiger charge is 2.48. The van der Waals surface area contributed by atoms with Gasteiger partial charge in [0.05, 0.1) is 41.5 Å². The van der Waals surface area contributed by atoms with Crippen LogP contribution < -0.4 is 14.4 Å². The number of benzene rings is 2. The number of para-hydroxylation sites is 1. The van der Waals surface area contributed by atoms with Crippen molar-refractivity contribution in [3.05, 3.63) is 76.6 Å². The number of methoxy groups -OCH3 is 1. The van der Waals surface area contributed by atoms with Crippen LogP contribution in [0.2, 0.25) is 5.02 Å². The van der Waals surface area contributed by atoms with E-state index in [-0.39, 0.29) is 28.6 Å². The van der Waals surface area contributed by atoms with E-state index in [1.165, 1.54) is 13.2 Å². The Morgan fingerprint density at radius 2 is 2.00 bits per heavy atom. The number of rotatable bonds is 8. The molecule has 0 bridgehead atoms. The van der Waals surface area contributed by atoms with Crippen LogP contribution in [-0.4, -0.2) is 57.7 Å². The average Bonchev–Trinajstić information content (AvgIpc) is 3.58. The summed E-state index contributed by atoms with van der Waals surface area (Å²) in [6, 6.07) is 15.3. The van der Waals surface area contributed by atoms with Crippen LogP contribution in [0.15, 0.2) is 48.7 Å². The standard InChI is InChI=1S/C35H34ClFN6O4/c1-34(29-9-6-22(36)18-39-29)46-28-5-3-4-26(32(28)47-34)42-15-14-41(24-7-8-25(24)42)19-30-40-31-23(37)16-21(33(44)45-2)17-27(31)43(30)20-35(10-11-35)12-13-38/h3-6,9,16-18,24-25H,7-8,10-12,14-15,19-20H2,1-2H3/t24-,25-,34?/m1/s1. The Morgan fingerprint density at radius 1 is 1.17 bits per heavy atom. The zero-order chi connectivity index (χ0) is 32.5. The lowest BCUT2D eigenvalue weighted by Crippen LogP contribution is -2.64. The fraction of sp³-hybridized carbons (Fsp3) is 0.429. The molecule has 0 radical (unpaired) electrons. The molecular weight excluding hydrogens is 623 g/mol. The van der Waals surface area contributed by atoms with Crippen LogP contribution in [0.4, 0.5) is 10.1 Å². The van der Waals surface area contributed by atoms with Crippen molar-refractivity contribution in [2.45, 2.75) is 70.0 Å². The van der Waals surface area contributed by atoms with Crippen molar-refractivity contribution in [3.8, 4) is 17.6 Å². The van der Waals surface area contributed by atoms with Gasteiger partial charge < -0.3 is 23.7 Å². The van der Waals surface area contributed by atoms with Gasteiger partial charge >= 0.3 is 5.97 Å². The van der Waals surface area contributed by atoms with Crippen molar-refractivity contribution in [2.75, 3.05) is 25.1 Å². The number of aromatic nitrogens is 3. The van der Waals surface area contributed by atoms with E-state index < -0.39 is 17.6 Å². The van der Waals surface area contributed by atoms with Crippen molar-refractivity contribution >= 4 is 34.3 Å². The van der Waals surface area contributed by atoms with Gasteiger partial charge in [-0.05, 0) is 62.1 Å². The van der Waals surface area contributed by atoms with Crippen LogP contribution in [0.1, 0.15) is 60.9 Å². The molecule has 2 saturated carbocycles. The van der Waals surface area contributed by atoms with Crippen LogP contribution in [0.25, 0.3) is 11.0 Å². The minimum absolute atomic E-state index is 0.146. The van der Waals surface area contributed by atoms with Gasteiger partial charge in [0.25, 0.3) is 5.79 Å². The second-order valence-electron chi connectivity index (χ2n) is 13.3. The monoisotopic (exact) mass is 656 g/mol. The third kappa shape index (κ3) is 5.06. The number of fused-ring (bicyclic) bond motifs is 3. The highest BCUT2D eigenvalue weighted by molar-refractivity contribution is 6.30. The molecule has 0 spiro atoms. The molecule has 8 rings (SSSR count). The SMILES string of the molecule is COC(=O)c1cc(F)c2nc(CN3CCN(c4cccc5c4OC(C)(c4ccc(Cl)cn4)O5)[C@@H]4CC[C@H]43)n(CC3(CC#N)CC3)c2c1. The molecule has 1 saturated heterocycles. The number of imidazole rings is 1. The number of halogens is 2. The molecular formula is C35H34ClFN6O4. The van der Waals surface area contributed by atoms with Gasteiger partial charge in [0.15, 0.2) is 17.3 Å². The number of piperazine rings is 1. The molecule has 2 aliphatic carbocycles. The zero-order valence-corrected chi connectivity index (χ0v) is 27.0. The average molecular weight is 657 g/mol. The molecule has 47 heavy (non-hydrogen) atoms. The summed E-state index contributed by atoms with van der Waals surface area (Å²) >= 11 is 6.08. The van der Waals surface area contributed by atoms with Crippen LogP contribution in [0.3, 0.4) is 0 Å². The number of carbonyl (C=O) groups is 1. The number of pyridine rings is 1. The molecule has 2 aliphatic heterocycles. The van der Waals surface area contributed by atoms with Crippen molar-refractivity contribution in [1.82, 2.24) is 19.4 Å². The number of hydrogen-bond donors (Lipinski definition) is 0. The summed E-state index contributed by atoms with van der Waals surface area (Å²) in [6.07, 6.45) is 5.94. The first-order valence-corrected chi connectivity index (χ1v) is 16.4. The van der Waals surface area contributed by atoms with Gasteiger partial charge in [-0.25, -0.2) is 14.2 Å². The molecule has 2 aromatic heterocycles. The first-order chi connectivity index (χ1) is 22.7. The van der Waals surface area contributed by atoms with Crippen molar-refractivity contribution in [1.29, 1.82) is 5.26 Å². The molecule has 12 heteroatoms. The molecule has 4 heterocycles. The lowest BCUT2D eigenvalue weighted by Gasteiger charge is -2.54. The van der Waals surface area contributed by atoms with Gasteiger partial charge in [0.1, 0.15) is 17.0 Å². The predicted octanol–water partition coefficient (Wildman–Crippen LogP) is 6.20. The van der Waals surface area contributed by atoms with E-state index in [4.69, 9.17) is 30.8 Å². The number of anilines is 1. The Labute approximate surface area is 276 Å². The second kappa shape index (κ2) is 11.1. The number of nitriles is 1. The van der Waals surface area contributed by atoms with Crippen molar-refractivity contribution in [2.24, 2.45) is 5.41 Å². The zero-order valence-electron chi connectivity index (χ0n) is 26.2. The van der Waals surface area contributed by atoms with E-state index in [0.29, 0.717) is 47.2 Å². The van der Waals surface area contributed by atoms with E-state index in [1.54, 1.807) is 18.3 Å². The summed E-state index contributed by atoms with van der Waals surface area (Å²) < 4.78 is 35.2. The largest absolute Gasteiger partial charge is 0.465 e. The fourth-order valence-corrected chi connectivity index (χ4v) is 7.53. The first-order valence-electron chi connectivity index (χ1n) is 16.0. The number of esters is 1. The summed E-state index contributed by atoms with van der Waals surface area (Å²) in [4.78, 5) is 26.5. The molecule has 10 nitrogen and oxygen atoms in total. The minimum Gasteiger partial charge on any atom is -0.465 e. The van der Waals surface area contributed by atoms with Gasteiger partial charge in [-0.1, -0.05) is 17.7 Å². The molecule has 0 N–H and O–H groups in total. The topological polar surface area (TPSA) is 106 Å². The first kappa shape index (κ1) is 30.0. The Kier molecular flexibility index (Phi) is 7.08. The molecule has 4 aromatic rings. The maximum atomic E-state index is 15.4. The number of nitrogens with zero attached hydrogens (tertiary/aromatic N) is 6. The Bertz CT molecular complexity index is 1940. The van der Waals surface area contributed by atoms with Gasteiger partial charge in [-0.3, -0.25) is 9.88 Å². The van der Waals surface area contributed by atoms with E-state index in [2.05, 4.69) is 26.9 Å². The molecule has 3 fully saturated rings. The summed E-state index contributed by atoms with van der Waals surface area (Å²) in [6.45, 7) is 4.48. The van der Waals surface area contributed by atoms with Crippen molar-refractivity contribution < 1.29 is 23.4 Å². The molecule has 3 atom stereocenters. The summed E-state index contributed by atoms with van der Waals surface area (Å²) in [7, 11) is 1.28. The molecule has 0 amide bonds. The third-order valence-electron chi connectivity index (χ3n) is 10.3. The lowest BCUT2D eigenvalue weighted by molar-refractivity contribution is -0.0717. The fourth-order valence-electron chi connectivity index (χ4n) is 7.42. The molecule has 242 valence electrons. The number of ether oxygens (including phenoxy) is 3. The summed E-state index contributed by atoms with van der Waals surface area (Å²) in [5, 5.41) is 10.1. The molecule has 1 unspecified atom stereocenters. The lowest BCUT2D eigenvalue weighted by atomic mass is 9.81. The molecule has 4 aliphatic rings. The summed E-state index contributed by atoms with van der Waals surface area (Å²) in [5.74, 6) is -0.104. The smallest absolute Gasteiger partial charge is 0.338 e. The van der Waals surface area contributed by atoms with Crippen LogP contribution >= 0.6 is 11.6 Å². The second-order valence-corrected chi connectivity index (χ2v) is 13.7. The predicted molar refractivity (Wildman–Crippen MR) is 172 cm³/mol. The maximum absolute atomic E-state index is 15.4. The normalized spacial score (nSPS) is 24.0. The van der Waals surface area contributed by atoms with Crippen LogP contribution in [-0.2, 0) is 23.6 Å². The van der Waals surface area contributed by atoms with E-state index in [1.807, 2.05) is 29.7 Å². The van der Waals surface area contributed by atoms with Crippen molar-refractivity contribution in [3.63, 3.8) is 0 Å². The number of hydrogen-bond acceptors (Lipinski definition) is 9. The number of carbonyl (C=O) groups excluding carboxylic acids is 1. The van der Waals surface area contributed by atoms with Crippen LogP contribution in [0.5, 0.6) is 11.5 Å². The molecule has 2 aromatic carbocycles. The maximum Gasteiger partial charge on any atom is 0.338 e. The van der Waals surface area contributed by atoms with Gasteiger partial charge in [-0.2, -0.15) is 5.26 Å². The van der Waals surface area contributed by atoms with Gasteiger partial charge in [-0.15, -0.1) is 0 Å². The van der Waals surface area contributed by atoms with E-state index in [9.17, 15) is 10.1 Å². The highest BCUT2D eigenvalue weighted by atomic mass is 35.5. The minimum atomic E-state index is -1.07. The van der Waals surface area contributed by atoms with Gasteiger partial charge in [0, 0.05) is 56.7 Å². The van der Waals surface area contributed by atoms with Crippen LogP contribution in [0, 0.1) is 22.6 Å². The highest BCUT2D eigenvalue weighted by Crippen LogP contribution is 2.52. The summed E-state index contributed by atoms with van der Waals surface area (Å²) in [5.41, 5.74) is 2.41. The van der Waals surface area contributed by atoms with E-state index >= 15 is 4.39 Å².